The molecule has 0 unspecified atom stereocenters. The van der Waals surface area contributed by atoms with E-state index in [-0.39, 0.29) is 0 Å². The van der Waals surface area contributed by atoms with Gasteiger partial charge in [0.1, 0.15) is 0 Å². The van der Waals surface area contributed by atoms with Crippen molar-refractivity contribution >= 4 is 65.2 Å². The summed E-state index contributed by atoms with van der Waals surface area (Å²) >= 11 is -2.26. The van der Waals surface area contributed by atoms with E-state index in [1.54, 1.807) is 0 Å². The van der Waals surface area contributed by atoms with Crippen molar-refractivity contribution in [2.45, 2.75) is 6.92 Å². The van der Waals surface area contributed by atoms with Crippen molar-refractivity contribution in [3.8, 4) is 0 Å². The first-order valence-corrected chi connectivity index (χ1v) is 24.4. The normalized spacial score (nSPS) is 10.4. The zero-order valence-electron chi connectivity index (χ0n) is 21.7. The van der Waals surface area contributed by atoms with Gasteiger partial charge in [0.2, 0.25) is 0 Å². The van der Waals surface area contributed by atoms with Gasteiger partial charge in [-0.1, -0.05) is 49.4 Å². The van der Waals surface area contributed by atoms with Crippen LogP contribution in [0.25, 0.3) is 32.3 Å². The van der Waals surface area contributed by atoms with Gasteiger partial charge in [-0.3, -0.25) is 0 Å². The summed E-state index contributed by atoms with van der Waals surface area (Å²) in [6.45, 7) is 2.12. The van der Waals surface area contributed by atoms with Crippen LogP contribution in [0.4, 0.5) is 0 Å². The average molecular weight is 639 g/mol. The Balaban J connectivity index is 0.000000122. The molecule has 0 aliphatic carbocycles. The van der Waals surface area contributed by atoms with Crippen LogP contribution in [0.15, 0.2) is 152 Å². The summed E-state index contributed by atoms with van der Waals surface area (Å²) in [6, 6.07) is 53.0. The Labute approximate surface area is 245 Å². The van der Waals surface area contributed by atoms with E-state index < -0.39 is 23.4 Å². The average Bonchev–Trinajstić information content (AvgIpc) is 3.54. The van der Waals surface area contributed by atoms with E-state index >= 15 is 0 Å². The molecule has 0 aliphatic rings. The molecule has 0 N–H and O–H groups in total. The summed E-state index contributed by atoms with van der Waals surface area (Å²) in [4.78, 5) is 0. The fourth-order valence-corrected chi connectivity index (χ4v) is 20.0. The molecule has 7 aromatic rings. The Kier molecular flexibility index (Phi) is 9.67. The summed E-state index contributed by atoms with van der Waals surface area (Å²) in [6.07, 6.45) is 0. The van der Waals surface area contributed by atoms with E-state index in [2.05, 4.69) is 146 Å². The number of hydrogen-bond acceptors (Lipinski definition) is 0. The summed E-state index contributed by atoms with van der Waals surface area (Å²) in [5.74, 6) is 0. The molecule has 192 valence electrons. The van der Waals surface area contributed by atoms with Gasteiger partial charge in [-0.15, -0.1) is 80.3 Å². The maximum absolute atomic E-state index is 6.32. The van der Waals surface area contributed by atoms with Crippen molar-refractivity contribution < 1.29 is 18.0 Å². The Morgan fingerprint density at radius 2 is 0.949 bits per heavy atom. The number of hydrogen-bond donors (Lipinski definition) is 0. The van der Waals surface area contributed by atoms with Gasteiger partial charge in [0, 0.05) is 0 Å². The second kappa shape index (κ2) is 13.6. The second-order valence-corrected chi connectivity index (χ2v) is 28.5. The topological polar surface area (TPSA) is 0 Å². The number of halogens is 2. The predicted octanol–water partition coefficient (Wildman–Crippen LogP) is 9.30. The first kappa shape index (κ1) is 27.8. The van der Waals surface area contributed by atoms with Crippen molar-refractivity contribution in [1.82, 2.24) is 0 Å². The van der Waals surface area contributed by atoms with Gasteiger partial charge in [-0.25, -0.2) is 0 Å². The van der Waals surface area contributed by atoms with Gasteiger partial charge in [0.15, 0.2) is 0 Å². The molecule has 0 heterocycles. The van der Waals surface area contributed by atoms with Crippen molar-refractivity contribution in [3.05, 3.63) is 157 Å². The van der Waals surface area contributed by atoms with Crippen LogP contribution in [0.5, 0.6) is 0 Å². The molecule has 7 aromatic carbocycles. The fourth-order valence-electron chi connectivity index (χ4n) is 4.80. The fraction of sp³-hybridized carbons (Fsp3) is 0.0286. The monoisotopic (exact) mass is 636 g/mol. The molecule has 0 aliphatic heterocycles. The molecule has 0 bridgehead atoms. The summed E-state index contributed by atoms with van der Waals surface area (Å²) in [7, 11) is 12.6. The molecule has 7 rings (SSSR count). The van der Waals surface area contributed by atoms with Crippen LogP contribution in [0.3, 0.4) is 0 Å². The Bertz CT molecular complexity index is 1700. The third-order valence-electron chi connectivity index (χ3n) is 6.60. The third-order valence-corrected chi connectivity index (χ3v) is 22.6. The molecule has 0 radical (unpaired) electrons. The smallest absolute Gasteiger partial charge is 0.0771 e. The molecular formula is C35H28Cl2SiZr-2. The van der Waals surface area contributed by atoms with Crippen LogP contribution < -0.4 is 10.4 Å². The van der Waals surface area contributed by atoms with E-state index in [0.717, 1.165) is 0 Å². The van der Waals surface area contributed by atoms with Gasteiger partial charge in [0.05, 0.1) is 0 Å². The van der Waals surface area contributed by atoms with Gasteiger partial charge in [0.25, 0.3) is 0 Å². The molecule has 0 saturated heterocycles. The van der Waals surface area contributed by atoms with E-state index in [1.165, 1.54) is 48.3 Å². The number of fused-ring (bicyclic) bond motifs is 4. The summed E-state index contributed by atoms with van der Waals surface area (Å²) < 4.78 is 0. The molecule has 0 atom stereocenters. The maximum Gasteiger partial charge on any atom is -0.0771 e. The summed E-state index contributed by atoms with van der Waals surface area (Å²) in [5, 5.41) is 10.7. The van der Waals surface area contributed by atoms with Crippen LogP contribution >= 0.6 is 17.0 Å². The molecule has 0 aromatic heterocycles. The molecule has 0 saturated carbocycles. The van der Waals surface area contributed by atoms with Crippen LogP contribution in [-0.4, -0.2) is 5.43 Å². The first-order valence-electron chi connectivity index (χ1n) is 12.9. The molecular weight excluding hydrogens is 611 g/mol. The molecule has 0 nitrogen and oxygen atoms in total. The first-order chi connectivity index (χ1) is 19.1. The minimum Gasteiger partial charge on any atom is -0.126 e. The molecule has 0 amide bonds. The molecule has 0 fully saturated rings. The Morgan fingerprint density at radius 3 is 1.44 bits per heavy atom. The van der Waals surface area contributed by atoms with E-state index in [0.29, 0.717) is 0 Å². The largest absolute Gasteiger partial charge is 0.126 e. The van der Waals surface area contributed by atoms with Crippen molar-refractivity contribution in [1.29, 1.82) is 0 Å². The quantitative estimate of drug-likeness (QED) is 0.131. The standard InChI is InChI=1S/C13H9.C12H10Si.C10H9.2ClH.Zr/c1-3-7-12-10(5-1)9-11-6-2-4-8-13(11)12;1-3-7-11(8-4-1)13-12-9-5-2-6-10-12;1-8-6-9-4-2-3-5-10(9)7-8;;;/h1-9H;1-10H;2-7H,1H3;2*1H;/q-1;;-1;;;+2/p-2. The van der Waals surface area contributed by atoms with Gasteiger partial charge >= 0.3 is 111 Å². The van der Waals surface area contributed by atoms with Crippen molar-refractivity contribution in [3.63, 3.8) is 0 Å². The van der Waals surface area contributed by atoms with Crippen LogP contribution in [0.2, 0.25) is 0 Å². The van der Waals surface area contributed by atoms with Crippen LogP contribution in [-0.2, 0) is 18.0 Å². The van der Waals surface area contributed by atoms with Gasteiger partial charge < -0.3 is 0 Å². The number of rotatable bonds is 2. The number of aryl methyl sites for hydroxylation is 1. The van der Waals surface area contributed by atoms with E-state index in [4.69, 9.17) is 17.0 Å². The SMILES string of the molecule is Cc1cc2ccccc2[cH-]1.[Cl][Zr]([Cl])=[Si](c1ccccc1)c1ccccc1.c1ccc2c(c1)[cH-]c1ccccc12. The Morgan fingerprint density at radius 1 is 0.513 bits per heavy atom. The van der Waals surface area contributed by atoms with Crippen molar-refractivity contribution in [2.75, 3.05) is 0 Å². The molecule has 4 heteroatoms. The molecule has 39 heavy (non-hydrogen) atoms. The third kappa shape index (κ3) is 7.07. The van der Waals surface area contributed by atoms with Gasteiger partial charge in [-0.05, 0) is 0 Å². The number of benzene rings is 5. The predicted molar refractivity (Wildman–Crippen MR) is 171 cm³/mol. The minimum absolute atomic E-state index is 0.889. The zero-order chi connectivity index (χ0) is 27.0. The second-order valence-electron chi connectivity index (χ2n) is 9.35. The van der Waals surface area contributed by atoms with Crippen LogP contribution in [0, 0.1) is 6.92 Å². The van der Waals surface area contributed by atoms with E-state index in [9.17, 15) is 0 Å². The van der Waals surface area contributed by atoms with Gasteiger partial charge in [-0.2, -0.15) is 6.07 Å². The summed E-state index contributed by atoms with van der Waals surface area (Å²) in [5.41, 5.74) is 0.459. The van der Waals surface area contributed by atoms with Crippen molar-refractivity contribution in [2.24, 2.45) is 0 Å². The van der Waals surface area contributed by atoms with Crippen LogP contribution in [0.1, 0.15) is 5.56 Å². The van der Waals surface area contributed by atoms with E-state index in [1.807, 2.05) is 12.1 Å². The molecule has 0 spiro atoms. The maximum atomic E-state index is 6.32. The minimum atomic E-state index is -2.26. The Hall–Kier alpha value is -2.74. The zero-order valence-corrected chi connectivity index (χ0v) is 26.7.